The van der Waals surface area contributed by atoms with E-state index in [1.807, 2.05) is 55.9 Å². The van der Waals surface area contributed by atoms with E-state index in [1.54, 1.807) is 0 Å². The van der Waals surface area contributed by atoms with Crippen LogP contribution in [0.5, 0.6) is 0 Å². The molecule has 2 aromatic heterocycles. The van der Waals surface area contributed by atoms with Crippen molar-refractivity contribution in [3.63, 3.8) is 0 Å². The number of rotatable bonds is 11. The molecule has 1 saturated heterocycles. The van der Waals surface area contributed by atoms with Gasteiger partial charge in [-0.25, -0.2) is 9.37 Å². The lowest BCUT2D eigenvalue weighted by Crippen LogP contribution is -2.45. The summed E-state index contributed by atoms with van der Waals surface area (Å²) in [7, 11) is 1.96. The SMILES string of the molecule is CCCC(C(=O)NC=O)N(C=O)Cc1cc(-c2cc(CN3CCC(F)C3)c3ccn(C)c3n2)ccc1C. The molecular weight excluding hydrogens is 473 g/mol. The molecule has 1 fully saturated rings. The molecule has 3 amide bonds. The normalized spacial score (nSPS) is 16.6. The van der Waals surface area contributed by atoms with E-state index < -0.39 is 18.1 Å². The Bertz CT molecular complexity index is 1290. The maximum Gasteiger partial charge on any atom is 0.249 e. The van der Waals surface area contributed by atoms with Crippen molar-refractivity contribution in [2.24, 2.45) is 7.05 Å². The molecule has 9 heteroatoms. The van der Waals surface area contributed by atoms with E-state index in [2.05, 4.69) is 16.3 Å². The highest BCUT2D eigenvalue weighted by atomic mass is 19.1. The Kier molecular flexibility index (Phi) is 8.33. The number of amides is 3. The molecule has 0 spiro atoms. The molecule has 2 unspecified atom stereocenters. The Morgan fingerprint density at radius 2 is 2.08 bits per heavy atom. The second-order valence-corrected chi connectivity index (χ2v) is 9.80. The van der Waals surface area contributed by atoms with E-state index in [0.717, 1.165) is 45.5 Å². The summed E-state index contributed by atoms with van der Waals surface area (Å²) in [5.41, 5.74) is 5.51. The minimum atomic E-state index is -0.779. The Hall–Kier alpha value is -3.59. The van der Waals surface area contributed by atoms with Crippen LogP contribution in [0.2, 0.25) is 0 Å². The first-order valence-corrected chi connectivity index (χ1v) is 12.7. The number of halogens is 1. The van der Waals surface area contributed by atoms with E-state index in [4.69, 9.17) is 4.98 Å². The topological polar surface area (TPSA) is 87.5 Å². The van der Waals surface area contributed by atoms with E-state index in [1.165, 1.54) is 4.90 Å². The van der Waals surface area contributed by atoms with Gasteiger partial charge in [-0.05, 0) is 54.7 Å². The quantitative estimate of drug-likeness (QED) is 0.402. The second kappa shape index (κ2) is 11.6. The fourth-order valence-corrected chi connectivity index (χ4v) is 5.04. The molecule has 1 N–H and O–H groups in total. The van der Waals surface area contributed by atoms with Gasteiger partial charge >= 0.3 is 0 Å². The van der Waals surface area contributed by atoms with Crippen LogP contribution in [0.25, 0.3) is 22.3 Å². The van der Waals surface area contributed by atoms with Gasteiger partial charge < -0.3 is 9.47 Å². The number of aryl methyl sites for hydroxylation is 2. The average Bonchev–Trinajstić information content (AvgIpc) is 3.47. The number of fused-ring (bicyclic) bond motifs is 1. The summed E-state index contributed by atoms with van der Waals surface area (Å²) < 4.78 is 15.8. The first-order chi connectivity index (χ1) is 17.8. The van der Waals surface area contributed by atoms with Crippen molar-refractivity contribution in [1.29, 1.82) is 0 Å². The molecule has 0 saturated carbocycles. The Labute approximate surface area is 216 Å². The van der Waals surface area contributed by atoms with Gasteiger partial charge in [0.15, 0.2) is 0 Å². The van der Waals surface area contributed by atoms with Gasteiger partial charge in [-0.2, -0.15) is 0 Å². The van der Waals surface area contributed by atoms with Gasteiger partial charge in [0.05, 0.1) is 5.69 Å². The molecule has 3 aromatic rings. The Morgan fingerprint density at radius 3 is 2.76 bits per heavy atom. The number of hydrogen-bond acceptors (Lipinski definition) is 5. The first-order valence-electron chi connectivity index (χ1n) is 12.7. The fourth-order valence-electron chi connectivity index (χ4n) is 5.04. The van der Waals surface area contributed by atoms with Gasteiger partial charge in [0, 0.05) is 50.4 Å². The average molecular weight is 508 g/mol. The summed E-state index contributed by atoms with van der Waals surface area (Å²) >= 11 is 0. The fraction of sp³-hybridized carbons (Fsp3) is 0.429. The van der Waals surface area contributed by atoms with Crippen LogP contribution in [0.3, 0.4) is 0 Å². The molecule has 2 atom stereocenters. The van der Waals surface area contributed by atoms with Crippen molar-refractivity contribution < 1.29 is 18.8 Å². The summed E-state index contributed by atoms with van der Waals surface area (Å²) in [6, 6.07) is 9.36. The largest absolute Gasteiger partial charge is 0.336 e. The molecule has 196 valence electrons. The number of nitrogens with one attached hydrogen (secondary N) is 1. The standard InChI is InChI=1S/C28H34FN5O3/c1-4-5-26(28(37)30-17-35)34(18-36)15-21-12-20(7-6-19(21)2)25-13-22(14-33-11-8-23(29)16-33)24-9-10-32(3)27(24)31-25/h6-7,9-10,12-13,17-18,23,26H,4-5,8,11,14-16H2,1-3H3,(H,30,35,37). The Morgan fingerprint density at radius 1 is 1.27 bits per heavy atom. The number of carbonyl (C=O) groups excluding carboxylic acids is 3. The predicted octanol–water partition coefficient (Wildman–Crippen LogP) is 3.49. The first kappa shape index (κ1) is 26.5. The van der Waals surface area contributed by atoms with E-state index in [9.17, 15) is 18.8 Å². The zero-order chi connectivity index (χ0) is 26.5. The molecule has 0 bridgehead atoms. The van der Waals surface area contributed by atoms with Crippen LogP contribution in [-0.4, -0.2) is 63.4 Å². The number of hydrogen-bond donors (Lipinski definition) is 1. The maximum atomic E-state index is 13.8. The highest BCUT2D eigenvalue weighted by molar-refractivity contribution is 5.91. The van der Waals surface area contributed by atoms with E-state index in [0.29, 0.717) is 45.2 Å². The smallest absolute Gasteiger partial charge is 0.249 e. The third-order valence-electron chi connectivity index (χ3n) is 7.13. The van der Waals surface area contributed by atoms with Crippen molar-refractivity contribution in [3.8, 4) is 11.3 Å². The number of imide groups is 1. The molecule has 0 radical (unpaired) electrons. The molecule has 37 heavy (non-hydrogen) atoms. The van der Waals surface area contributed by atoms with Gasteiger partial charge in [-0.3, -0.25) is 24.6 Å². The lowest BCUT2D eigenvalue weighted by atomic mass is 10.00. The number of pyridine rings is 1. The molecule has 4 rings (SSSR count). The van der Waals surface area contributed by atoms with Gasteiger partial charge in [0.1, 0.15) is 17.9 Å². The molecular formula is C28H34FN5O3. The van der Waals surface area contributed by atoms with Crippen molar-refractivity contribution in [2.45, 2.75) is 58.4 Å². The third-order valence-corrected chi connectivity index (χ3v) is 7.13. The number of carbonyl (C=O) groups is 3. The summed E-state index contributed by atoms with van der Waals surface area (Å²) in [6.07, 6.45) is 3.91. The summed E-state index contributed by atoms with van der Waals surface area (Å²) in [6.45, 7) is 5.94. The number of likely N-dealkylation sites (tertiary alicyclic amines) is 1. The molecule has 1 aromatic carbocycles. The number of aromatic nitrogens is 2. The molecule has 1 aliphatic rings. The maximum absolute atomic E-state index is 13.8. The number of nitrogens with zero attached hydrogens (tertiary/aromatic N) is 4. The van der Waals surface area contributed by atoms with Crippen LogP contribution in [0.1, 0.15) is 42.9 Å². The number of alkyl halides is 1. The van der Waals surface area contributed by atoms with E-state index >= 15 is 0 Å². The highest BCUT2D eigenvalue weighted by Gasteiger charge is 2.25. The van der Waals surface area contributed by atoms with Crippen LogP contribution >= 0.6 is 0 Å². The molecule has 3 heterocycles. The zero-order valence-corrected chi connectivity index (χ0v) is 21.6. The zero-order valence-electron chi connectivity index (χ0n) is 21.6. The van der Waals surface area contributed by atoms with Crippen molar-refractivity contribution in [1.82, 2.24) is 24.7 Å². The summed E-state index contributed by atoms with van der Waals surface area (Å²) in [5, 5.41) is 3.23. The van der Waals surface area contributed by atoms with Crippen LogP contribution in [-0.2, 0) is 34.5 Å². The monoisotopic (exact) mass is 507 g/mol. The van der Waals surface area contributed by atoms with Gasteiger partial charge in [-0.1, -0.05) is 25.5 Å². The Balaban J connectivity index is 1.68. The van der Waals surface area contributed by atoms with Gasteiger partial charge in [-0.15, -0.1) is 0 Å². The van der Waals surface area contributed by atoms with Crippen LogP contribution in [0.15, 0.2) is 36.5 Å². The predicted molar refractivity (Wildman–Crippen MR) is 140 cm³/mol. The van der Waals surface area contributed by atoms with Crippen molar-refractivity contribution in [3.05, 3.63) is 53.2 Å². The third kappa shape index (κ3) is 5.88. The summed E-state index contributed by atoms with van der Waals surface area (Å²) in [5.74, 6) is -0.490. The van der Waals surface area contributed by atoms with Crippen molar-refractivity contribution >= 4 is 29.8 Å². The van der Waals surface area contributed by atoms with Gasteiger partial charge in [0.2, 0.25) is 18.7 Å². The van der Waals surface area contributed by atoms with Crippen molar-refractivity contribution in [2.75, 3.05) is 13.1 Å². The molecule has 0 aliphatic carbocycles. The minimum Gasteiger partial charge on any atom is -0.336 e. The lowest BCUT2D eigenvalue weighted by Gasteiger charge is -2.27. The van der Waals surface area contributed by atoms with Crippen LogP contribution < -0.4 is 5.32 Å². The molecule has 1 aliphatic heterocycles. The summed E-state index contributed by atoms with van der Waals surface area (Å²) in [4.78, 5) is 43.8. The number of benzene rings is 1. The lowest BCUT2D eigenvalue weighted by molar-refractivity contribution is -0.135. The highest BCUT2D eigenvalue weighted by Crippen LogP contribution is 2.29. The van der Waals surface area contributed by atoms with Gasteiger partial charge in [0.25, 0.3) is 0 Å². The minimum absolute atomic E-state index is 0.227. The van der Waals surface area contributed by atoms with E-state index in [-0.39, 0.29) is 6.54 Å². The van der Waals surface area contributed by atoms with Crippen LogP contribution in [0, 0.1) is 6.92 Å². The molecule has 8 nitrogen and oxygen atoms in total. The second-order valence-electron chi connectivity index (χ2n) is 9.80. The van der Waals surface area contributed by atoms with Crippen LogP contribution in [0.4, 0.5) is 4.39 Å².